The maximum Gasteiger partial charge on any atom is 0.389 e. The number of primary amides is 1. The van der Waals surface area contributed by atoms with Crippen molar-refractivity contribution in [3.63, 3.8) is 0 Å². The summed E-state index contributed by atoms with van der Waals surface area (Å²) in [7, 11) is 0. The number of carbonyl (C=O) groups excluding carboxylic acids is 3. The smallest absolute Gasteiger partial charge is 0.370 e. The zero-order chi connectivity index (χ0) is 32.5. The first-order valence-electron chi connectivity index (χ1n) is 13.4. The highest BCUT2D eigenvalue weighted by atomic mass is 19.4. The molecule has 1 aromatic heterocycles. The lowest BCUT2D eigenvalue weighted by molar-refractivity contribution is -0.143. The van der Waals surface area contributed by atoms with Gasteiger partial charge in [0.15, 0.2) is 0 Å². The number of aliphatic imine (C=N–C) groups is 1. The summed E-state index contributed by atoms with van der Waals surface area (Å²) in [4.78, 5) is 48.6. The molecule has 0 bridgehead atoms. The van der Waals surface area contributed by atoms with E-state index < -0.39 is 67.8 Å². The number of benzene rings is 2. The molecule has 14 heteroatoms. The molecular formula is C30H29F6N5O3. The van der Waals surface area contributed by atoms with Crippen LogP contribution in [0.1, 0.15) is 43.7 Å². The number of amides is 3. The molecule has 2 unspecified atom stereocenters. The lowest BCUT2D eigenvalue weighted by Gasteiger charge is -2.26. The van der Waals surface area contributed by atoms with Crippen molar-refractivity contribution >= 4 is 34.8 Å². The number of alkyl halides is 6. The Kier molecular flexibility index (Phi) is 11.2. The van der Waals surface area contributed by atoms with Gasteiger partial charge < -0.3 is 11.1 Å². The van der Waals surface area contributed by atoms with Crippen molar-refractivity contribution in [2.45, 2.75) is 51.1 Å². The number of hydrogen-bond acceptors (Lipinski definition) is 5. The van der Waals surface area contributed by atoms with E-state index in [1.807, 2.05) is 6.07 Å². The number of carbonyl (C=O) groups is 3. The zero-order valence-corrected chi connectivity index (χ0v) is 23.4. The lowest BCUT2D eigenvalue weighted by Crippen LogP contribution is -2.48. The Bertz CT molecular complexity index is 1460. The first kappa shape index (κ1) is 33.7. The fourth-order valence-electron chi connectivity index (χ4n) is 4.20. The molecule has 0 saturated carbocycles. The molecule has 0 radical (unpaired) electrons. The number of pyridine rings is 1. The third-order valence-electron chi connectivity index (χ3n) is 6.34. The van der Waals surface area contributed by atoms with Crippen LogP contribution < -0.4 is 16.0 Å². The number of rotatable bonds is 8. The lowest BCUT2D eigenvalue weighted by atomic mass is 9.97. The summed E-state index contributed by atoms with van der Waals surface area (Å²) < 4.78 is 71.0. The van der Waals surface area contributed by atoms with E-state index in [4.69, 9.17) is 5.73 Å². The number of nitrogens with zero attached hydrogens (tertiary/aromatic N) is 3. The number of nitrogens with two attached hydrogens (primary N) is 1. The van der Waals surface area contributed by atoms with Gasteiger partial charge in [0, 0.05) is 42.5 Å². The molecule has 3 aromatic rings. The molecule has 0 spiro atoms. The number of para-hydroxylation sites is 1. The number of benzodiazepines with no additional fused rings is 1. The maximum atomic E-state index is 13.9. The third-order valence-corrected chi connectivity index (χ3v) is 6.34. The van der Waals surface area contributed by atoms with Crippen molar-refractivity contribution < 1.29 is 40.7 Å². The molecule has 1 aliphatic rings. The maximum absolute atomic E-state index is 13.9. The number of nitrogens with one attached hydrogen (secondary N) is 1. The molecule has 2 atom stereocenters. The van der Waals surface area contributed by atoms with Gasteiger partial charge in [0.2, 0.25) is 18.0 Å². The van der Waals surface area contributed by atoms with Crippen LogP contribution in [0, 0.1) is 5.92 Å². The van der Waals surface area contributed by atoms with Crippen LogP contribution in [0.5, 0.6) is 0 Å². The Morgan fingerprint density at radius 3 is 2.16 bits per heavy atom. The first-order chi connectivity index (χ1) is 20.7. The first-order valence-corrected chi connectivity index (χ1v) is 13.4. The van der Waals surface area contributed by atoms with E-state index in [1.54, 1.807) is 60.7 Å². The van der Waals surface area contributed by atoms with E-state index in [1.165, 1.54) is 17.3 Å². The normalized spacial score (nSPS) is 15.6. The summed E-state index contributed by atoms with van der Waals surface area (Å²) in [6, 6.07) is 19.3. The molecule has 2 aromatic carbocycles. The quantitative estimate of drug-likeness (QED) is 0.308. The number of aromatic nitrogens is 1. The van der Waals surface area contributed by atoms with Gasteiger partial charge in [-0.05, 0) is 24.6 Å². The average Bonchev–Trinajstić information content (AvgIpc) is 3.09. The topological polar surface area (TPSA) is 118 Å². The Morgan fingerprint density at radius 2 is 1.59 bits per heavy atom. The second-order valence-corrected chi connectivity index (χ2v) is 9.65. The predicted octanol–water partition coefficient (Wildman–Crippen LogP) is 5.83. The van der Waals surface area contributed by atoms with Gasteiger partial charge in [0.25, 0.3) is 5.91 Å². The average molecular weight is 622 g/mol. The highest BCUT2D eigenvalue weighted by Crippen LogP contribution is 2.34. The van der Waals surface area contributed by atoms with Crippen molar-refractivity contribution in [3.05, 3.63) is 90.3 Å². The molecule has 0 aliphatic carbocycles. The minimum absolute atomic E-state index is 0.396. The van der Waals surface area contributed by atoms with E-state index in [-0.39, 0.29) is 0 Å². The monoisotopic (exact) mass is 621 g/mol. The van der Waals surface area contributed by atoms with Gasteiger partial charge in [-0.15, -0.1) is 0 Å². The van der Waals surface area contributed by atoms with Crippen molar-refractivity contribution in [2.75, 3.05) is 4.90 Å². The van der Waals surface area contributed by atoms with Gasteiger partial charge in [0.1, 0.15) is 0 Å². The van der Waals surface area contributed by atoms with Gasteiger partial charge in [-0.25, -0.2) is 4.99 Å². The van der Waals surface area contributed by atoms with Crippen molar-refractivity contribution in [3.8, 4) is 0 Å². The number of fused-ring (bicyclic) bond motifs is 1. The molecule has 234 valence electrons. The fourth-order valence-corrected chi connectivity index (χ4v) is 4.20. The second kappa shape index (κ2) is 14.6. The van der Waals surface area contributed by atoms with Crippen LogP contribution in [0.25, 0.3) is 0 Å². The minimum Gasteiger partial charge on any atom is -0.370 e. The highest BCUT2D eigenvalue weighted by molar-refractivity contribution is 6.21. The molecule has 44 heavy (non-hydrogen) atoms. The van der Waals surface area contributed by atoms with Crippen molar-refractivity contribution in [1.29, 1.82) is 0 Å². The molecule has 0 saturated heterocycles. The van der Waals surface area contributed by atoms with Crippen LogP contribution in [-0.2, 0) is 14.4 Å². The largest absolute Gasteiger partial charge is 0.389 e. The minimum atomic E-state index is -4.54. The predicted molar refractivity (Wildman–Crippen MR) is 151 cm³/mol. The molecule has 8 nitrogen and oxygen atoms in total. The highest BCUT2D eigenvalue weighted by Gasteiger charge is 2.37. The summed E-state index contributed by atoms with van der Waals surface area (Å²) >= 11 is 0. The Balaban J connectivity index is 0.000000801. The molecule has 0 fully saturated rings. The van der Waals surface area contributed by atoms with Crippen LogP contribution in [0.2, 0.25) is 0 Å². The SMILES string of the molecule is CCC(F)(F)F.NC(=O)CC(CCC(F)(F)F)C(=O)NC1N=C(c2ccccc2)c2ccccc2N(c2cccnc2)C1=O. The molecular weight excluding hydrogens is 592 g/mol. The summed E-state index contributed by atoms with van der Waals surface area (Å²) in [6.45, 7) is 1.08. The molecule has 1 aliphatic heterocycles. The fraction of sp³-hybridized carbons (Fsp3) is 0.300. The summed E-state index contributed by atoms with van der Waals surface area (Å²) in [6.07, 6.45) is -10.3. The summed E-state index contributed by atoms with van der Waals surface area (Å²) in [5.41, 5.74) is 7.73. The molecule has 3 amide bonds. The Morgan fingerprint density at radius 1 is 0.955 bits per heavy atom. The second-order valence-electron chi connectivity index (χ2n) is 9.65. The third kappa shape index (κ3) is 9.64. The van der Waals surface area contributed by atoms with Gasteiger partial charge in [-0.2, -0.15) is 26.3 Å². The zero-order valence-electron chi connectivity index (χ0n) is 23.4. The van der Waals surface area contributed by atoms with Crippen LogP contribution in [-0.4, -0.2) is 46.9 Å². The van der Waals surface area contributed by atoms with Gasteiger partial charge in [-0.3, -0.25) is 24.3 Å². The Labute approximate surface area is 249 Å². The van der Waals surface area contributed by atoms with E-state index in [2.05, 4.69) is 15.3 Å². The summed E-state index contributed by atoms with van der Waals surface area (Å²) in [5.74, 6) is -3.91. The number of hydrogen-bond donors (Lipinski definition) is 2. The number of halogens is 6. The van der Waals surface area contributed by atoms with Gasteiger partial charge >= 0.3 is 12.4 Å². The van der Waals surface area contributed by atoms with E-state index in [0.29, 0.717) is 28.2 Å². The van der Waals surface area contributed by atoms with E-state index in [0.717, 1.165) is 6.92 Å². The van der Waals surface area contributed by atoms with E-state index in [9.17, 15) is 40.7 Å². The van der Waals surface area contributed by atoms with E-state index >= 15 is 0 Å². The van der Waals surface area contributed by atoms with Crippen LogP contribution in [0.4, 0.5) is 37.7 Å². The van der Waals surface area contributed by atoms with Gasteiger partial charge in [0.05, 0.1) is 23.3 Å². The van der Waals surface area contributed by atoms with Crippen LogP contribution in [0.3, 0.4) is 0 Å². The molecule has 3 N–H and O–H groups in total. The molecule has 2 heterocycles. The van der Waals surface area contributed by atoms with Crippen molar-refractivity contribution in [1.82, 2.24) is 10.3 Å². The van der Waals surface area contributed by atoms with Crippen LogP contribution in [0.15, 0.2) is 84.1 Å². The Hall–Kier alpha value is -4.75. The van der Waals surface area contributed by atoms with Crippen LogP contribution >= 0.6 is 0 Å². The summed E-state index contributed by atoms with van der Waals surface area (Å²) in [5, 5.41) is 2.47. The van der Waals surface area contributed by atoms with Crippen molar-refractivity contribution in [2.24, 2.45) is 16.6 Å². The number of anilines is 2. The molecule has 4 rings (SSSR count). The standard InChI is InChI=1S/C27H24F3N5O3.C3H5F3/c28-27(29,30)13-12-18(15-22(31)36)25(37)34-24-26(38)35(19-9-6-14-32-16-19)21-11-5-4-10-20(21)23(33-24)17-7-2-1-3-8-17;1-2-3(4,5)6/h1-11,14,16,18,24H,12-13,15H2,(H2,31,36)(H,34,37);2H2,1H3. The van der Waals surface area contributed by atoms with Gasteiger partial charge in [-0.1, -0.05) is 55.5 Å².